The van der Waals surface area contributed by atoms with E-state index >= 15 is 0 Å². The molecule has 2 fully saturated rings. The van der Waals surface area contributed by atoms with Gasteiger partial charge in [-0.15, -0.1) is 0 Å². The van der Waals surface area contributed by atoms with Crippen LogP contribution < -0.4 is 5.32 Å². The summed E-state index contributed by atoms with van der Waals surface area (Å²) in [6.07, 6.45) is 7.74. The normalized spacial score (nSPS) is 25.8. The highest BCUT2D eigenvalue weighted by Gasteiger charge is 2.31. The quantitative estimate of drug-likeness (QED) is 0.863. The van der Waals surface area contributed by atoms with Crippen LogP contribution in [0.3, 0.4) is 0 Å². The molecule has 0 aromatic rings. The van der Waals surface area contributed by atoms with Gasteiger partial charge in [0.05, 0.1) is 6.54 Å². The predicted molar refractivity (Wildman–Crippen MR) is 87.3 cm³/mol. The monoisotopic (exact) mass is 295 g/mol. The minimum atomic E-state index is 0.283. The Labute approximate surface area is 130 Å². The third kappa shape index (κ3) is 4.68. The van der Waals surface area contributed by atoms with Crippen LogP contribution in [0.5, 0.6) is 0 Å². The van der Waals surface area contributed by atoms with Crippen molar-refractivity contribution < 1.29 is 4.79 Å². The molecule has 0 aromatic heterocycles. The zero-order chi connectivity index (χ0) is 15.2. The maximum Gasteiger partial charge on any atom is 0.236 e. The van der Waals surface area contributed by atoms with Crippen molar-refractivity contribution in [3.8, 4) is 0 Å². The van der Waals surface area contributed by atoms with E-state index in [-0.39, 0.29) is 5.91 Å². The van der Waals surface area contributed by atoms with Crippen LogP contribution in [0.25, 0.3) is 0 Å². The summed E-state index contributed by atoms with van der Waals surface area (Å²) in [5, 5.41) is 3.46. The van der Waals surface area contributed by atoms with Crippen LogP contribution >= 0.6 is 0 Å². The molecule has 2 aliphatic rings. The number of piperidine rings is 1. The molecule has 2 rings (SSSR count). The SMILES string of the molecule is CC(C)N(C)C(=O)CN1CCCCCC1C1CCNCC1. The van der Waals surface area contributed by atoms with Gasteiger partial charge in [-0.05, 0) is 65.1 Å². The zero-order valence-electron chi connectivity index (χ0n) is 14.1. The number of likely N-dealkylation sites (N-methyl/N-ethyl adjacent to an activating group) is 1. The molecule has 0 aliphatic carbocycles. The van der Waals surface area contributed by atoms with E-state index < -0.39 is 0 Å². The Morgan fingerprint density at radius 1 is 1.19 bits per heavy atom. The lowest BCUT2D eigenvalue weighted by atomic mass is 9.87. The van der Waals surface area contributed by atoms with Gasteiger partial charge in [0.15, 0.2) is 0 Å². The van der Waals surface area contributed by atoms with Crippen molar-refractivity contribution in [3.05, 3.63) is 0 Å². The summed E-state index contributed by atoms with van der Waals surface area (Å²) in [5.41, 5.74) is 0. The van der Waals surface area contributed by atoms with Crippen molar-refractivity contribution in [1.82, 2.24) is 15.1 Å². The minimum Gasteiger partial charge on any atom is -0.342 e. The molecular weight excluding hydrogens is 262 g/mol. The van der Waals surface area contributed by atoms with E-state index in [4.69, 9.17) is 0 Å². The summed E-state index contributed by atoms with van der Waals surface area (Å²) in [6, 6.07) is 0.918. The second-order valence-electron chi connectivity index (χ2n) is 7.07. The third-order valence-electron chi connectivity index (χ3n) is 5.35. The second-order valence-corrected chi connectivity index (χ2v) is 7.07. The largest absolute Gasteiger partial charge is 0.342 e. The third-order valence-corrected chi connectivity index (χ3v) is 5.35. The van der Waals surface area contributed by atoms with E-state index in [0.717, 1.165) is 25.6 Å². The molecule has 2 heterocycles. The first-order chi connectivity index (χ1) is 10.1. The van der Waals surface area contributed by atoms with Crippen molar-refractivity contribution >= 4 is 5.91 Å². The molecule has 2 saturated heterocycles. The van der Waals surface area contributed by atoms with Gasteiger partial charge < -0.3 is 10.2 Å². The van der Waals surface area contributed by atoms with Crippen LogP contribution in [-0.4, -0.2) is 61.0 Å². The predicted octanol–water partition coefficient (Wildman–Crippen LogP) is 2.10. The first-order valence-corrected chi connectivity index (χ1v) is 8.80. The molecule has 0 radical (unpaired) electrons. The second kappa shape index (κ2) is 8.14. The number of hydrogen-bond acceptors (Lipinski definition) is 3. The van der Waals surface area contributed by atoms with Crippen molar-refractivity contribution in [2.45, 2.75) is 64.5 Å². The van der Waals surface area contributed by atoms with Crippen molar-refractivity contribution in [3.63, 3.8) is 0 Å². The van der Waals surface area contributed by atoms with Gasteiger partial charge in [-0.3, -0.25) is 9.69 Å². The van der Waals surface area contributed by atoms with Gasteiger partial charge in [-0.1, -0.05) is 12.8 Å². The Morgan fingerprint density at radius 2 is 1.90 bits per heavy atom. The number of carbonyl (C=O) groups is 1. The number of carbonyl (C=O) groups excluding carboxylic acids is 1. The summed E-state index contributed by atoms with van der Waals surface area (Å²) >= 11 is 0. The van der Waals surface area contributed by atoms with Crippen molar-refractivity contribution in [2.75, 3.05) is 33.2 Å². The van der Waals surface area contributed by atoms with Gasteiger partial charge in [0.2, 0.25) is 5.91 Å². The standard InChI is InChI=1S/C17H33N3O/c1-14(2)19(3)17(21)13-20-12-6-4-5-7-16(20)15-8-10-18-11-9-15/h14-16,18H,4-13H2,1-3H3. The summed E-state index contributed by atoms with van der Waals surface area (Å²) in [5.74, 6) is 1.06. The highest BCUT2D eigenvalue weighted by molar-refractivity contribution is 5.78. The fourth-order valence-corrected chi connectivity index (χ4v) is 3.73. The number of nitrogens with one attached hydrogen (secondary N) is 1. The van der Waals surface area contributed by atoms with Crippen LogP contribution in [0.1, 0.15) is 52.4 Å². The molecule has 21 heavy (non-hydrogen) atoms. The first-order valence-electron chi connectivity index (χ1n) is 8.80. The fraction of sp³-hybridized carbons (Fsp3) is 0.941. The molecular formula is C17H33N3O. The lowest BCUT2D eigenvalue weighted by Gasteiger charge is -2.38. The molecule has 2 aliphatic heterocycles. The smallest absolute Gasteiger partial charge is 0.236 e. The fourth-order valence-electron chi connectivity index (χ4n) is 3.73. The average Bonchev–Trinajstić information content (AvgIpc) is 2.72. The Morgan fingerprint density at radius 3 is 2.57 bits per heavy atom. The Kier molecular flexibility index (Phi) is 6.49. The van der Waals surface area contributed by atoms with Gasteiger partial charge in [-0.2, -0.15) is 0 Å². The number of hydrogen-bond donors (Lipinski definition) is 1. The van der Waals surface area contributed by atoms with E-state index in [1.165, 1.54) is 38.5 Å². The van der Waals surface area contributed by atoms with Crippen LogP contribution in [-0.2, 0) is 4.79 Å². The van der Waals surface area contributed by atoms with Crippen LogP contribution in [0, 0.1) is 5.92 Å². The van der Waals surface area contributed by atoms with Crippen LogP contribution in [0.2, 0.25) is 0 Å². The number of rotatable bonds is 4. The molecule has 1 amide bonds. The molecule has 0 spiro atoms. The molecule has 0 bridgehead atoms. The van der Waals surface area contributed by atoms with E-state index in [2.05, 4.69) is 24.1 Å². The lowest BCUT2D eigenvalue weighted by Crippen LogP contribution is -2.49. The van der Waals surface area contributed by atoms with Gasteiger partial charge in [0, 0.05) is 19.1 Å². The molecule has 0 aromatic carbocycles. The molecule has 1 unspecified atom stereocenters. The van der Waals surface area contributed by atoms with E-state index in [1.54, 1.807) is 0 Å². The summed E-state index contributed by atoms with van der Waals surface area (Å²) < 4.78 is 0. The van der Waals surface area contributed by atoms with Gasteiger partial charge in [-0.25, -0.2) is 0 Å². The Bertz CT molecular complexity index is 326. The van der Waals surface area contributed by atoms with E-state index in [1.807, 2.05) is 11.9 Å². The highest BCUT2D eigenvalue weighted by Crippen LogP contribution is 2.28. The molecule has 1 N–H and O–H groups in total. The number of amides is 1. The molecule has 4 heteroatoms. The highest BCUT2D eigenvalue weighted by atomic mass is 16.2. The van der Waals surface area contributed by atoms with Gasteiger partial charge >= 0.3 is 0 Å². The Balaban J connectivity index is 1.99. The van der Waals surface area contributed by atoms with E-state index in [9.17, 15) is 4.79 Å². The van der Waals surface area contributed by atoms with E-state index in [0.29, 0.717) is 18.6 Å². The molecule has 1 atom stereocenters. The topological polar surface area (TPSA) is 35.6 Å². The van der Waals surface area contributed by atoms with Crippen molar-refractivity contribution in [1.29, 1.82) is 0 Å². The lowest BCUT2D eigenvalue weighted by molar-refractivity contribution is -0.133. The van der Waals surface area contributed by atoms with Crippen LogP contribution in [0.4, 0.5) is 0 Å². The maximum atomic E-state index is 12.5. The number of nitrogens with zero attached hydrogens (tertiary/aromatic N) is 2. The average molecular weight is 295 g/mol. The Hall–Kier alpha value is -0.610. The van der Waals surface area contributed by atoms with Crippen molar-refractivity contribution in [2.24, 2.45) is 5.92 Å². The number of likely N-dealkylation sites (tertiary alicyclic amines) is 1. The molecule has 4 nitrogen and oxygen atoms in total. The minimum absolute atomic E-state index is 0.283. The first kappa shape index (κ1) is 16.8. The zero-order valence-corrected chi connectivity index (χ0v) is 14.1. The molecule has 0 saturated carbocycles. The van der Waals surface area contributed by atoms with Crippen LogP contribution in [0.15, 0.2) is 0 Å². The summed E-state index contributed by atoms with van der Waals surface area (Å²) in [4.78, 5) is 16.9. The van der Waals surface area contributed by atoms with Gasteiger partial charge in [0.25, 0.3) is 0 Å². The summed E-state index contributed by atoms with van der Waals surface area (Å²) in [6.45, 7) is 8.19. The van der Waals surface area contributed by atoms with Gasteiger partial charge in [0.1, 0.15) is 0 Å². The maximum absolute atomic E-state index is 12.5. The molecule has 122 valence electrons. The summed E-state index contributed by atoms with van der Waals surface area (Å²) in [7, 11) is 1.93.